The van der Waals surface area contributed by atoms with Gasteiger partial charge in [0.15, 0.2) is 0 Å². The Balaban J connectivity index is 1.29. The maximum Gasteiger partial charge on any atom is 0.407 e. The lowest BCUT2D eigenvalue weighted by Crippen LogP contribution is -2.59. The molecular formula is C19H24N2O4. The molecule has 1 aliphatic heterocycles. The van der Waals surface area contributed by atoms with Crippen LogP contribution in [-0.4, -0.2) is 49.2 Å². The van der Waals surface area contributed by atoms with Crippen molar-refractivity contribution in [1.29, 1.82) is 0 Å². The molecule has 1 spiro atoms. The lowest BCUT2D eigenvalue weighted by atomic mass is 9.67. The average molecular weight is 344 g/mol. The summed E-state index contributed by atoms with van der Waals surface area (Å²) in [6.07, 6.45) is 3.00. The van der Waals surface area contributed by atoms with Gasteiger partial charge in [0.25, 0.3) is 0 Å². The maximum absolute atomic E-state index is 12.7. The van der Waals surface area contributed by atoms with Crippen molar-refractivity contribution in [2.75, 3.05) is 20.8 Å². The third-order valence-electron chi connectivity index (χ3n) is 6.04. The van der Waals surface area contributed by atoms with E-state index >= 15 is 0 Å². The SMILES string of the molecule is COc1cccc([C@H]2C[C@@H](N(C)C(=O)[C@H]3C[C@]4(COC(=O)N4)C3)C2)c1. The summed E-state index contributed by atoms with van der Waals surface area (Å²) in [4.78, 5) is 25.8. The number of hydrogen-bond acceptors (Lipinski definition) is 4. The van der Waals surface area contributed by atoms with Gasteiger partial charge in [-0.15, -0.1) is 0 Å². The first-order chi connectivity index (χ1) is 12.0. The Hall–Kier alpha value is -2.24. The lowest BCUT2D eigenvalue weighted by Gasteiger charge is -2.47. The van der Waals surface area contributed by atoms with Gasteiger partial charge in [-0.1, -0.05) is 12.1 Å². The van der Waals surface area contributed by atoms with Crippen LogP contribution < -0.4 is 10.1 Å². The highest BCUT2D eigenvalue weighted by molar-refractivity contribution is 5.81. The monoisotopic (exact) mass is 344 g/mol. The molecule has 2 saturated carbocycles. The van der Waals surface area contributed by atoms with Crippen LogP contribution in [0.25, 0.3) is 0 Å². The molecule has 0 atom stereocenters. The first kappa shape index (κ1) is 16.2. The Morgan fingerprint density at radius 3 is 2.76 bits per heavy atom. The van der Waals surface area contributed by atoms with Crippen molar-refractivity contribution < 1.29 is 19.1 Å². The lowest BCUT2D eigenvalue weighted by molar-refractivity contribution is -0.143. The van der Waals surface area contributed by atoms with Crippen LogP contribution in [-0.2, 0) is 9.53 Å². The number of hydrogen-bond donors (Lipinski definition) is 1. The number of methoxy groups -OCH3 is 1. The molecule has 2 aliphatic carbocycles. The highest BCUT2D eigenvalue weighted by atomic mass is 16.6. The zero-order chi connectivity index (χ0) is 17.6. The van der Waals surface area contributed by atoms with Crippen molar-refractivity contribution in [3.05, 3.63) is 29.8 Å². The van der Waals surface area contributed by atoms with E-state index in [1.165, 1.54) is 5.56 Å². The van der Waals surface area contributed by atoms with E-state index in [-0.39, 0.29) is 23.5 Å². The third kappa shape index (κ3) is 2.83. The minimum absolute atomic E-state index is 0.00266. The normalized spacial score (nSPS) is 33.0. The second-order valence-corrected chi connectivity index (χ2v) is 7.63. The molecule has 0 bridgehead atoms. The molecule has 3 aliphatic rings. The maximum atomic E-state index is 12.7. The topological polar surface area (TPSA) is 67.9 Å². The van der Waals surface area contributed by atoms with E-state index < -0.39 is 0 Å². The van der Waals surface area contributed by atoms with Crippen LogP contribution in [0.4, 0.5) is 4.79 Å². The second-order valence-electron chi connectivity index (χ2n) is 7.63. The minimum Gasteiger partial charge on any atom is -0.497 e. The quantitative estimate of drug-likeness (QED) is 0.910. The fourth-order valence-corrected chi connectivity index (χ4v) is 4.31. The molecule has 6 heteroatoms. The zero-order valence-corrected chi connectivity index (χ0v) is 14.7. The summed E-state index contributed by atoms with van der Waals surface area (Å²) < 4.78 is 10.3. The highest BCUT2D eigenvalue weighted by Gasteiger charge is 2.53. The number of amides is 2. The largest absolute Gasteiger partial charge is 0.497 e. The number of cyclic esters (lactones) is 1. The molecule has 6 nitrogen and oxygen atoms in total. The van der Waals surface area contributed by atoms with Crippen LogP contribution in [0.5, 0.6) is 5.75 Å². The van der Waals surface area contributed by atoms with Gasteiger partial charge in [0.05, 0.1) is 12.6 Å². The molecule has 0 unspecified atom stereocenters. The van der Waals surface area contributed by atoms with Gasteiger partial charge >= 0.3 is 6.09 Å². The van der Waals surface area contributed by atoms with E-state index in [0.29, 0.717) is 31.4 Å². The summed E-state index contributed by atoms with van der Waals surface area (Å²) >= 11 is 0. The van der Waals surface area contributed by atoms with E-state index in [4.69, 9.17) is 9.47 Å². The van der Waals surface area contributed by atoms with Crippen molar-refractivity contribution in [2.45, 2.75) is 43.2 Å². The third-order valence-corrected chi connectivity index (χ3v) is 6.04. The molecule has 0 aromatic heterocycles. The Labute approximate surface area is 147 Å². The Kier molecular flexibility index (Phi) is 3.85. The molecule has 1 aromatic carbocycles. The van der Waals surface area contributed by atoms with Gasteiger partial charge < -0.3 is 19.7 Å². The number of alkyl carbamates (subject to hydrolysis) is 1. The number of ether oxygens (including phenoxy) is 2. The van der Waals surface area contributed by atoms with Gasteiger partial charge in [0.1, 0.15) is 12.4 Å². The zero-order valence-electron chi connectivity index (χ0n) is 14.7. The standard InChI is InChI=1S/C19H24N2O4/c1-21(17(22)14-9-19(10-14)11-25-18(23)20-19)15-6-13(7-15)12-4-3-5-16(8-12)24-2/h3-5,8,13-15H,6-7,9-11H2,1-2H3,(H,20,23)/t13-,14-,15+,19+. The molecule has 134 valence electrons. The molecule has 1 saturated heterocycles. The van der Waals surface area contributed by atoms with E-state index in [0.717, 1.165) is 18.6 Å². The predicted molar refractivity (Wildman–Crippen MR) is 91.5 cm³/mol. The van der Waals surface area contributed by atoms with Crippen LogP contribution in [0, 0.1) is 5.92 Å². The van der Waals surface area contributed by atoms with E-state index in [9.17, 15) is 9.59 Å². The fourth-order valence-electron chi connectivity index (χ4n) is 4.31. The number of carbonyl (C=O) groups is 2. The molecule has 1 aromatic rings. The molecule has 3 fully saturated rings. The van der Waals surface area contributed by atoms with Gasteiger partial charge in [0.2, 0.25) is 5.91 Å². The number of nitrogens with zero attached hydrogens (tertiary/aromatic N) is 1. The molecule has 0 radical (unpaired) electrons. The van der Waals surface area contributed by atoms with Gasteiger partial charge in [-0.3, -0.25) is 4.79 Å². The van der Waals surface area contributed by atoms with Crippen LogP contribution in [0.15, 0.2) is 24.3 Å². The van der Waals surface area contributed by atoms with Crippen LogP contribution in [0.3, 0.4) is 0 Å². The van der Waals surface area contributed by atoms with Crippen molar-refractivity contribution in [3.63, 3.8) is 0 Å². The molecule has 1 N–H and O–H groups in total. The summed E-state index contributed by atoms with van der Waals surface area (Å²) in [5.74, 6) is 1.57. The number of rotatable bonds is 4. The Morgan fingerprint density at radius 2 is 2.12 bits per heavy atom. The van der Waals surface area contributed by atoms with Gasteiger partial charge in [-0.2, -0.15) is 0 Å². The highest BCUT2D eigenvalue weighted by Crippen LogP contribution is 2.44. The number of benzene rings is 1. The minimum atomic E-state index is -0.362. The average Bonchev–Trinajstić information content (AvgIpc) is 2.94. The summed E-state index contributed by atoms with van der Waals surface area (Å²) in [7, 11) is 3.59. The van der Waals surface area contributed by atoms with Crippen LogP contribution in [0.2, 0.25) is 0 Å². The van der Waals surface area contributed by atoms with Crippen molar-refractivity contribution in [2.24, 2.45) is 5.92 Å². The number of nitrogens with one attached hydrogen (secondary N) is 1. The van der Waals surface area contributed by atoms with Crippen molar-refractivity contribution in [3.8, 4) is 5.75 Å². The Bertz CT molecular complexity index is 692. The molecule has 4 rings (SSSR count). The van der Waals surface area contributed by atoms with Gasteiger partial charge in [-0.05, 0) is 49.3 Å². The molecule has 25 heavy (non-hydrogen) atoms. The van der Waals surface area contributed by atoms with Crippen LogP contribution >= 0.6 is 0 Å². The predicted octanol–water partition coefficient (Wildman–Crippen LogP) is 2.29. The summed E-state index contributed by atoms with van der Waals surface area (Å²) in [6, 6.07) is 8.48. The first-order valence-corrected chi connectivity index (χ1v) is 8.85. The molecular weight excluding hydrogens is 320 g/mol. The smallest absolute Gasteiger partial charge is 0.407 e. The van der Waals surface area contributed by atoms with Gasteiger partial charge in [-0.25, -0.2) is 4.79 Å². The van der Waals surface area contributed by atoms with Crippen molar-refractivity contribution in [1.82, 2.24) is 10.2 Å². The number of carbonyl (C=O) groups excluding carboxylic acids is 2. The summed E-state index contributed by atoms with van der Waals surface area (Å²) in [5, 5.41) is 2.84. The fraction of sp³-hybridized carbons (Fsp3) is 0.579. The van der Waals surface area contributed by atoms with E-state index in [2.05, 4.69) is 17.4 Å². The summed E-state index contributed by atoms with van der Waals surface area (Å²) in [6.45, 7) is 0.390. The first-order valence-electron chi connectivity index (χ1n) is 8.85. The molecule has 2 amide bonds. The van der Waals surface area contributed by atoms with Crippen molar-refractivity contribution >= 4 is 12.0 Å². The molecule has 1 heterocycles. The van der Waals surface area contributed by atoms with E-state index in [1.807, 2.05) is 24.1 Å². The van der Waals surface area contributed by atoms with Crippen LogP contribution in [0.1, 0.15) is 37.2 Å². The summed E-state index contributed by atoms with van der Waals surface area (Å²) in [5.41, 5.74) is 0.992. The van der Waals surface area contributed by atoms with Gasteiger partial charge in [0, 0.05) is 19.0 Å². The second kappa shape index (κ2) is 5.93. The Morgan fingerprint density at radius 1 is 1.36 bits per heavy atom. The van der Waals surface area contributed by atoms with E-state index in [1.54, 1.807) is 7.11 Å².